The molecule has 118 valence electrons. The van der Waals surface area contributed by atoms with Gasteiger partial charge in [0.15, 0.2) is 0 Å². The van der Waals surface area contributed by atoms with Crippen molar-refractivity contribution < 1.29 is 8.42 Å². The van der Waals surface area contributed by atoms with Crippen LogP contribution in [0.3, 0.4) is 0 Å². The average Bonchev–Trinajstić information content (AvgIpc) is 3.38. The van der Waals surface area contributed by atoms with Crippen LogP contribution >= 0.6 is 0 Å². The minimum atomic E-state index is -3.42. The van der Waals surface area contributed by atoms with Crippen molar-refractivity contribution in [3.8, 4) is 0 Å². The summed E-state index contributed by atoms with van der Waals surface area (Å²) < 4.78 is 29.6. The molecular formula is C15H25N3O2S. The van der Waals surface area contributed by atoms with Gasteiger partial charge >= 0.3 is 0 Å². The van der Waals surface area contributed by atoms with Crippen LogP contribution in [-0.4, -0.2) is 19.5 Å². The minimum absolute atomic E-state index is 0.343. The quantitative estimate of drug-likeness (QED) is 0.767. The molecule has 1 heterocycles. The van der Waals surface area contributed by atoms with E-state index in [0.717, 1.165) is 24.1 Å². The van der Waals surface area contributed by atoms with Crippen LogP contribution in [-0.2, 0) is 23.1 Å². The summed E-state index contributed by atoms with van der Waals surface area (Å²) in [6, 6.07) is 1.69. The van der Waals surface area contributed by atoms with Gasteiger partial charge in [-0.1, -0.05) is 0 Å². The maximum absolute atomic E-state index is 12.5. The zero-order valence-electron chi connectivity index (χ0n) is 12.6. The second-order valence-electron chi connectivity index (χ2n) is 6.35. The zero-order valence-corrected chi connectivity index (χ0v) is 13.4. The van der Waals surface area contributed by atoms with Crippen LogP contribution in [0.25, 0.3) is 0 Å². The largest absolute Gasteiger partial charge is 0.349 e. The molecule has 0 aliphatic heterocycles. The van der Waals surface area contributed by atoms with Crippen LogP contribution in [0.5, 0.6) is 0 Å². The fourth-order valence-electron chi connectivity index (χ4n) is 3.19. The van der Waals surface area contributed by atoms with Gasteiger partial charge in [-0.3, -0.25) is 0 Å². The van der Waals surface area contributed by atoms with Gasteiger partial charge in [-0.15, -0.1) is 0 Å². The van der Waals surface area contributed by atoms with Crippen LogP contribution in [0, 0.1) is 17.8 Å². The second kappa shape index (κ2) is 5.74. The van der Waals surface area contributed by atoms with Gasteiger partial charge in [-0.2, -0.15) is 0 Å². The average molecular weight is 311 g/mol. The lowest BCUT2D eigenvalue weighted by atomic mass is 9.99. The molecule has 3 N–H and O–H groups in total. The first-order valence-corrected chi connectivity index (χ1v) is 9.42. The molecule has 1 aromatic heterocycles. The summed E-state index contributed by atoms with van der Waals surface area (Å²) in [5.41, 5.74) is 6.52. The summed E-state index contributed by atoms with van der Waals surface area (Å²) in [7, 11) is -3.42. The summed E-state index contributed by atoms with van der Waals surface area (Å²) in [5.74, 6) is 2.04. The van der Waals surface area contributed by atoms with Crippen LogP contribution in [0.4, 0.5) is 0 Å². The van der Waals surface area contributed by atoms with Crippen molar-refractivity contribution in [2.24, 2.45) is 23.5 Å². The molecular weight excluding hydrogens is 286 g/mol. The number of nitrogens with one attached hydrogen (secondary N) is 1. The number of nitrogens with two attached hydrogens (primary N) is 1. The molecule has 0 radical (unpaired) electrons. The van der Waals surface area contributed by atoms with E-state index in [9.17, 15) is 8.42 Å². The Labute approximate surface area is 127 Å². The summed E-state index contributed by atoms with van der Waals surface area (Å²) in [5, 5.41) is 0. The number of aryl methyl sites for hydroxylation is 1. The third-order valence-electron chi connectivity index (χ3n) is 4.79. The van der Waals surface area contributed by atoms with Crippen LogP contribution in [0.15, 0.2) is 17.2 Å². The Kier molecular flexibility index (Phi) is 4.12. The van der Waals surface area contributed by atoms with Crippen LogP contribution < -0.4 is 10.5 Å². The summed E-state index contributed by atoms with van der Waals surface area (Å²) in [6.07, 6.45) is 6.77. The van der Waals surface area contributed by atoms with Crippen molar-refractivity contribution >= 4 is 10.0 Å². The van der Waals surface area contributed by atoms with E-state index < -0.39 is 10.0 Å². The Balaban J connectivity index is 1.69. The number of rotatable bonds is 8. The van der Waals surface area contributed by atoms with E-state index in [1.54, 1.807) is 12.3 Å². The summed E-state index contributed by atoms with van der Waals surface area (Å²) in [6.45, 7) is 3.66. The van der Waals surface area contributed by atoms with Crippen molar-refractivity contribution in [3.05, 3.63) is 18.0 Å². The Morgan fingerprint density at radius 3 is 2.38 bits per heavy atom. The number of nitrogens with zero attached hydrogens (tertiary/aromatic N) is 1. The van der Waals surface area contributed by atoms with E-state index in [2.05, 4.69) is 4.72 Å². The van der Waals surface area contributed by atoms with Gasteiger partial charge in [0.1, 0.15) is 0 Å². The Morgan fingerprint density at radius 1 is 1.33 bits per heavy atom. The molecule has 6 heteroatoms. The molecule has 1 aromatic rings. The predicted molar refractivity (Wildman–Crippen MR) is 82.1 cm³/mol. The topological polar surface area (TPSA) is 77.1 Å². The van der Waals surface area contributed by atoms with Crippen LogP contribution in [0.2, 0.25) is 0 Å². The van der Waals surface area contributed by atoms with Gasteiger partial charge < -0.3 is 10.3 Å². The SMILES string of the molecule is CCn1cc(S(=O)(=O)NCC(C2CC2)C2CC2)cc1CN. The van der Waals surface area contributed by atoms with Crippen LogP contribution in [0.1, 0.15) is 38.3 Å². The molecule has 21 heavy (non-hydrogen) atoms. The van der Waals surface area contributed by atoms with Gasteiger partial charge in [-0.05, 0) is 56.4 Å². The van der Waals surface area contributed by atoms with E-state index in [0.29, 0.717) is 23.9 Å². The van der Waals surface area contributed by atoms with Crippen molar-refractivity contribution in [3.63, 3.8) is 0 Å². The first-order chi connectivity index (χ1) is 10.0. The van der Waals surface area contributed by atoms with E-state index in [1.165, 1.54) is 25.7 Å². The lowest BCUT2D eigenvalue weighted by Gasteiger charge is -2.15. The lowest BCUT2D eigenvalue weighted by Crippen LogP contribution is -2.31. The molecule has 0 aromatic carbocycles. The highest BCUT2D eigenvalue weighted by Crippen LogP contribution is 2.48. The van der Waals surface area contributed by atoms with Crippen molar-refractivity contribution in [1.82, 2.24) is 9.29 Å². The standard InChI is InChI=1S/C15H25N3O2S/c1-2-18-10-14(7-13(18)8-16)21(19,20)17-9-15(11-3-4-11)12-5-6-12/h7,10-12,15,17H,2-6,8-9,16H2,1H3. The first-order valence-electron chi connectivity index (χ1n) is 7.94. The summed E-state index contributed by atoms with van der Waals surface area (Å²) >= 11 is 0. The zero-order chi connectivity index (χ0) is 15.0. The highest BCUT2D eigenvalue weighted by Gasteiger charge is 2.41. The lowest BCUT2D eigenvalue weighted by molar-refractivity contribution is 0.401. The van der Waals surface area contributed by atoms with E-state index in [4.69, 9.17) is 5.73 Å². The fourth-order valence-corrected chi connectivity index (χ4v) is 4.33. The van der Waals surface area contributed by atoms with E-state index >= 15 is 0 Å². The Bertz CT molecular complexity index is 567. The minimum Gasteiger partial charge on any atom is -0.349 e. The smallest absolute Gasteiger partial charge is 0.242 e. The molecule has 2 aliphatic rings. The molecule has 5 nitrogen and oxygen atoms in total. The highest BCUT2D eigenvalue weighted by molar-refractivity contribution is 7.89. The normalized spacial score (nSPS) is 19.4. The number of aromatic nitrogens is 1. The molecule has 2 aliphatic carbocycles. The summed E-state index contributed by atoms with van der Waals surface area (Å²) in [4.78, 5) is 0.343. The number of hydrogen-bond acceptors (Lipinski definition) is 3. The van der Waals surface area contributed by atoms with Crippen molar-refractivity contribution in [2.75, 3.05) is 6.54 Å². The third-order valence-corrected chi connectivity index (χ3v) is 6.18. The molecule has 2 fully saturated rings. The van der Waals surface area contributed by atoms with Gasteiger partial charge in [0.25, 0.3) is 0 Å². The number of hydrogen-bond donors (Lipinski definition) is 2. The highest BCUT2D eigenvalue weighted by atomic mass is 32.2. The number of sulfonamides is 1. The molecule has 0 saturated heterocycles. The van der Waals surface area contributed by atoms with Gasteiger partial charge in [0.2, 0.25) is 10.0 Å². The molecule has 0 bridgehead atoms. The fraction of sp³-hybridized carbons (Fsp3) is 0.733. The Morgan fingerprint density at radius 2 is 1.95 bits per heavy atom. The molecule has 2 saturated carbocycles. The van der Waals surface area contributed by atoms with E-state index in [1.807, 2.05) is 11.5 Å². The monoisotopic (exact) mass is 311 g/mol. The predicted octanol–water partition coefficient (Wildman–Crippen LogP) is 1.68. The molecule has 0 spiro atoms. The van der Waals surface area contributed by atoms with Crippen molar-refractivity contribution in [1.29, 1.82) is 0 Å². The molecule has 0 amide bonds. The Hall–Kier alpha value is -0.850. The molecule has 0 atom stereocenters. The third kappa shape index (κ3) is 3.33. The van der Waals surface area contributed by atoms with Gasteiger partial charge in [0.05, 0.1) is 4.90 Å². The van der Waals surface area contributed by atoms with Gasteiger partial charge in [-0.25, -0.2) is 13.1 Å². The first kappa shape index (κ1) is 15.1. The molecule has 0 unspecified atom stereocenters. The second-order valence-corrected chi connectivity index (χ2v) is 8.11. The van der Waals surface area contributed by atoms with Gasteiger partial charge in [0, 0.05) is 31.5 Å². The van der Waals surface area contributed by atoms with E-state index in [-0.39, 0.29) is 0 Å². The van der Waals surface area contributed by atoms with Crippen molar-refractivity contribution in [2.45, 2.75) is 50.6 Å². The molecule has 3 rings (SSSR count). The maximum atomic E-state index is 12.5. The maximum Gasteiger partial charge on any atom is 0.242 e.